The zero-order valence-corrected chi connectivity index (χ0v) is 22.2. The largest absolute Gasteiger partial charge is 0.488 e. The molecule has 0 spiro atoms. The Hall–Kier alpha value is -3.27. The van der Waals surface area contributed by atoms with Crippen molar-refractivity contribution >= 4 is 45.6 Å². The van der Waals surface area contributed by atoms with Crippen molar-refractivity contribution in [1.29, 1.82) is 0 Å². The minimum atomic E-state index is -0.502. The Morgan fingerprint density at radius 2 is 2.00 bits per heavy atom. The second-order valence-corrected chi connectivity index (χ2v) is 10.2. The van der Waals surface area contributed by atoms with Crippen molar-refractivity contribution in [2.75, 3.05) is 30.4 Å². The van der Waals surface area contributed by atoms with Gasteiger partial charge >= 0.3 is 0 Å². The number of benzene rings is 2. The summed E-state index contributed by atoms with van der Waals surface area (Å²) < 4.78 is 25.4. The summed E-state index contributed by atoms with van der Waals surface area (Å²) in [5.41, 5.74) is 1.75. The van der Waals surface area contributed by atoms with Gasteiger partial charge in [-0.05, 0) is 57.4 Å². The Balaban J connectivity index is 1.39. The van der Waals surface area contributed by atoms with Crippen LogP contribution in [0.2, 0.25) is 5.02 Å². The molecule has 1 aromatic heterocycles. The number of anilines is 3. The molecule has 2 fully saturated rings. The van der Waals surface area contributed by atoms with Crippen LogP contribution in [0, 0.1) is 5.82 Å². The molecule has 3 aromatic rings. The Morgan fingerprint density at radius 1 is 1.21 bits per heavy atom. The number of aromatic nitrogens is 2. The molecule has 0 bridgehead atoms. The standard InChI is InChI=1S/C28H31ClFN5O3/c1-17-14-37-15-18(2)35(17)10-4-7-27(36)34-25-12-21-24(13-26(25)38-20-5-3-6-20)31-16-32-28(21)33-19-8-9-23(30)22(29)11-19/h4,7-9,11-13,16-18,20H,3,5-6,10,14-15H2,1-2H3,(H,34,36)(H,31,32,33)/b7-4+. The second-order valence-electron chi connectivity index (χ2n) is 9.84. The first-order valence-corrected chi connectivity index (χ1v) is 13.2. The first-order valence-electron chi connectivity index (χ1n) is 12.9. The highest BCUT2D eigenvalue weighted by atomic mass is 35.5. The van der Waals surface area contributed by atoms with Crippen molar-refractivity contribution in [3.8, 4) is 5.75 Å². The van der Waals surface area contributed by atoms with E-state index >= 15 is 0 Å². The number of fused-ring (bicyclic) bond motifs is 1. The fraction of sp³-hybridized carbons (Fsp3) is 0.393. The number of hydrogen-bond acceptors (Lipinski definition) is 7. The van der Waals surface area contributed by atoms with Crippen LogP contribution in [0.1, 0.15) is 33.1 Å². The van der Waals surface area contributed by atoms with Crippen LogP contribution in [-0.4, -0.2) is 58.7 Å². The van der Waals surface area contributed by atoms with Crippen LogP contribution in [0.5, 0.6) is 5.75 Å². The topological polar surface area (TPSA) is 88.6 Å². The number of rotatable bonds is 8. The number of carbonyl (C=O) groups excluding carboxylic acids is 1. The molecule has 1 saturated carbocycles. The summed E-state index contributed by atoms with van der Waals surface area (Å²) in [6, 6.07) is 8.54. The molecule has 5 rings (SSSR count). The third-order valence-corrected chi connectivity index (χ3v) is 7.25. The van der Waals surface area contributed by atoms with E-state index in [1.54, 1.807) is 18.2 Å². The number of morpholine rings is 1. The molecule has 2 atom stereocenters. The van der Waals surface area contributed by atoms with Gasteiger partial charge in [-0.25, -0.2) is 14.4 Å². The van der Waals surface area contributed by atoms with Gasteiger partial charge in [0, 0.05) is 41.8 Å². The molecule has 10 heteroatoms. The van der Waals surface area contributed by atoms with Gasteiger partial charge in [-0.2, -0.15) is 0 Å². The Labute approximate surface area is 226 Å². The molecule has 1 saturated heterocycles. The lowest BCUT2D eigenvalue weighted by Gasteiger charge is -2.37. The molecule has 2 aromatic carbocycles. The predicted molar refractivity (Wildman–Crippen MR) is 147 cm³/mol. The minimum Gasteiger partial charge on any atom is -0.488 e. The van der Waals surface area contributed by atoms with E-state index in [0.717, 1.165) is 19.3 Å². The van der Waals surface area contributed by atoms with Gasteiger partial charge < -0.3 is 20.1 Å². The molecule has 2 heterocycles. The molecular weight excluding hydrogens is 509 g/mol. The number of amides is 1. The van der Waals surface area contributed by atoms with E-state index in [0.29, 0.717) is 53.6 Å². The van der Waals surface area contributed by atoms with Crippen LogP contribution in [-0.2, 0) is 9.53 Å². The summed E-state index contributed by atoms with van der Waals surface area (Å²) in [5.74, 6) is 0.300. The van der Waals surface area contributed by atoms with Gasteiger partial charge in [0.15, 0.2) is 0 Å². The number of hydrogen-bond donors (Lipinski definition) is 2. The maximum absolute atomic E-state index is 13.6. The zero-order valence-electron chi connectivity index (χ0n) is 21.4. The van der Waals surface area contributed by atoms with Crippen LogP contribution in [0.4, 0.5) is 21.6 Å². The third kappa shape index (κ3) is 6.06. The lowest BCUT2D eigenvalue weighted by atomic mass is 9.96. The van der Waals surface area contributed by atoms with E-state index in [9.17, 15) is 9.18 Å². The van der Waals surface area contributed by atoms with Crippen molar-refractivity contribution in [1.82, 2.24) is 14.9 Å². The molecule has 38 heavy (non-hydrogen) atoms. The summed E-state index contributed by atoms with van der Waals surface area (Å²) >= 11 is 5.95. The zero-order chi connectivity index (χ0) is 26.6. The van der Waals surface area contributed by atoms with Gasteiger partial charge in [0.05, 0.1) is 35.5 Å². The van der Waals surface area contributed by atoms with E-state index in [4.69, 9.17) is 21.1 Å². The van der Waals surface area contributed by atoms with Gasteiger partial charge in [0.2, 0.25) is 5.91 Å². The third-order valence-electron chi connectivity index (χ3n) is 6.96. The van der Waals surface area contributed by atoms with Crippen LogP contribution in [0.15, 0.2) is 48.8 Å². The molecule has 2 aliphatic rings. The Kier molecular flexibility index (Phi) is 8.06. The normalized spacial score (nSPS) is 20.4. The number of halogens is 2. The molecular formula is C28H31ClFN5O3. The van der Waals surface area contributed by atoms with Crippen molar-refractivity contribution in [3.63, 3.8) is 0 Å². The Bertz CT molecular complexity index is 1340. The SMILES string of the molecule is CC1COCC(C)N1C/C=C/C(=O)Nc1cc2c(Nc3ccc(F)c(Cl)c3)ncnc2cc1OC1CCC1. The first kappa shape index (κ1) is 26.3. The fourth-order valence-corrected chi connectivity index (χ4v) is 4.79. The number of nitrogens with zero attached hydrogens (tertiary/aromatic N) is 3. The summed E-state index contributed by atoms with van der Waals surface area (Å²) in [4.78, 5) is 24.0. The fourth-order valence-electron chi connectivity index (χ4n) is 4.61. The van der Waals surface area contributed by atoms with Crippen molar-refractivity contribution < 1.29 is 18.7 Å². The highest BCUT2D eigenvalue weighted by Crippen LogP contribution is 2.36. The van der Waals surface area contributed by atoms with Gasteiger partial charge in [0.1, 0.15) is 23.7 Å². The van der Waals surface area contributed by atoms with Crippen molar-refractivity contribution in [2.45, 2.75) is 51.3 Å². The van der Waals surface area contributed by atoms with E-state index in [2.05, 4.69) is 39.3 Å². The number of nitrogens with one attached hydrogen (secondary N) is 2. The first-order chi connectivity index (χ1) is 18.4. The Morgan fingerprint density at radius 3 is 2.71 bits per heavy atom. The maximum atomic E-state index is 13.6. The van der Waals surface area contributed by atoms with Crippen molar-refractivity contribution in [2.24, 2.45) is 0 Å². The summed E-state index contributed by atoms with van der Waals surface area (Å²) in [6.07, 6.45) is 8.05. The monoisotopic (exact) mass is 539 g/mol. The minimum absolute atomic E-state index is 0.00477. The molecule has 200 valence electrons. The predicted octanol–water partition coefficient (Wildman–Crippen LogP) is 5.70. The quantitative estimate of drug-likeness (QED) is 0.355. The highest BCUT2D eigenvalue weighted by molar-refractivity contribution is 6.31. The molecule has 0 radical (unpaired) electrons. The average molecular weight is 540 g/mol. The molecule has 8 nitrogen and oxygen atoms in total. The summed E-state index contributed by atoms with van der Waals surface area (Å²) in [6.45, 7) is 6.27. The second kappa shape index (κ2) is 11.6. The molecule has 2 unspecified atom stereocenters. The highest BCUT2D eigenvalue weighted by Gasteiger charge is 2.24. The number of ether oxygens (including phenoxy) is 2. The summed E-state index contributed by atoms with van der Waals surface area (Å²) in [7, 11) is 0. The van der Waals surface area contributed by atoms with Crippen LogP contribution in [0.3, 0.4) is 0 Å². The molecule has 1 aliphatic heterocycles. The van der Waals surface area contributed by atoms with Crippen LogP contribution < -0.4 is 15.4 Å². The smallest absolute Gasteiger partial charge is 0.248 e. The van der Waals surface area contributed by atoms with Crippen LogP contribution >= 0.6 is 11.6 Å². The van der Waals surface area contributed by atoms with Crippen molar-refractivity contribution in [3.05, 3.63) is 59.7 Å². The van der Waals surface area contributed by atoms with Gasteiger partial charge in [-0.15, -0.1) is 0 Å². The summed E-state index contributed by atoms with van der Waals surface area (Å²) in [5, 5.41) is 6.82. The van der Waals surface area contributed by atoms with E-state index in [1.165, 1.54) is 18.5 Å². The maximum Gasteiger partial charge on any atom is 0.248 e. The van der Waals surface area contributed by atoms with E-state index < -0.39 is 5.82 Å². The number of carbonyl (C=O) groups is 1. The lowest BCUT2D eigenvalue weighted by molar-refractivity contribution is -0.112. The van der Waals surface area contributed by atoms with Gasteiger partial charge in [-0.3, -0.25) is 9.69 Å². The van der Waals surface area contributed by atoms with Crippen LogP contribution in [0.25, 0.3) is 10.9 Å². The average Bonchev–Trinajstić information content (AvgIpc) is 2.86. The molecule has 2 N–H and O–H groups in total. The lowest BCUT2D eigenvalue weighted by Crippen LogP contribution is -2.49. The molecule has 1 aliphatic carbocycles. The van der Waals surface area contributed by atoms with E-state index in [-0.39, 0.29) is 29.1 Å². The van der Waals surface area contributed by atoms with Gasteiger partial charge in [-0.1, -0.05) is 17.7 Å². The molecule has 1 amide bonds. The van der Waals surface area contributed by atoms with E-state index in [1.807, 2.05) is 12.1 Å². The van der Waals surface area contributed by atoms with Gasteiger partial charge in [0.25, 0.3) is 0 Å².